The van der Waals surface area contributed by atoms with Gasteiger partial charge in [0.15, 0.2) is 5.65 Å². The second-order valence-electron chi connectivity index (χ2n) is 6.36. The third-order valence-corrected chi connectivity index (χ3v) is 4.67. The van der Waals surface area contributed by atoms with Crippen LogP contribution in [0.4, 0.5) is 19.3 Å². The number of imidazole rings is 1. The highest BCUT2D eigenvalue weighted by Crippen LogP contribution is 2.29. The van der Waals surface area contributed by atoms with Crippen molar-refractivity contribution in [1.82, 2.24) is 19.4 Å². The second-order valence-corrected chi connectivity index (χ2v) is 6.36. The summed E-state index contributed by atoms with van der Waals surface area (Å²) in [5.41, 5.74) is 1.45. The molecule has 2 aromatic heterocycles. The van der Waals surface area contributed by atoms with Crippen LogP contribution in [-0.4, -0.2) is 38.6 Å². The average Bonchev–Trinajstić information content (AvgIpc) is 3.24. The molecule has 0 saturated carbocycles. The van der Waals surface area contributed by atoms with Crippen molar-refractivity contribution in [2.45, 2.75) is 12.3 Å². The largest absolute Gasteiger partial charge is 0.324 e. The predicted octanol–water partition coefficient (Wildman–Crippen LogP) is 3.27. The van der Waals surface area contributed by atoms with Gasteiger partial charge in [-0.3, -0.25) is 0 Å². The zero-order chi connectivity index (χ0) is 18.3. The molecule has 8 heteroatoms. The fourth-order valence-electron chi connectivity index (χ4n) is 3.35. The summed E-state index contributed by atoms with van der Waals surface area (Å²) in [6.07, 6.45) is 2.46. The fraction of sp³-hybridized carbons (Fsp3) is 0.278. The summed E-state index contributed by atoms with van der Waals surface area (Å²) in [4.78, 5) is 22.9. The smallest absolute Gasteiger partial charge is 0.321 e. The van der Waals surface area contributed by atoms with Crippen LogP contribution in [0.3, 0.4) is 0 Å². The van der Waals surface area contributed by atoms with Crippen LogP contribution in [0, 0.1) is 11.6 Å². The van der Waals surface area contributed by atoms with Gasteiger partial charge in [0.25, 0.3) is 0 Å². The highest BCUT2D eigenvalue weighted by Gasteiger charge is 2.31. The molecule has 1 aliphatic heterocycles. The first-order valence-electron chi connectivity index (χ1n) is 8.31. The number of aryl methyl sites for hydroxylation is 1. The summed E-state index contributed by atoms with van der Waals surface area (Å²) in [6.45, 7) is 0.976. The third kappa shape index (κ3) is 2.87. The molecule has 134 valence electrons. The average molecular weight is 357 g/mol. The first-order valence-corrected chi connectivity index (χ1v) is 8.31. The van der Waals surface area contributed by atoms with Gasteiger partial charge >= 0.3 is 6.03 Å². The zero-order valence-corrected chi connectivity index (χ0v) is 14.1. The van der Waals surface area contributed by atoms with E-state index in [1.165, 1.54) is 0 Å². The number of carbonyl (C=O) groups excluding carboxylic acids is 1. The summed E-state index contributed by atoms with van der Waals surface area (Å²) in [6, 6.07) is 6.26. The minimum Gasteiger partial charge on any atom is -0.324 e. The minimum absolute atomic E-state index is 0.0670. The maximum Gasteiger partial charge on any atom is 0.321 e. The molecule has 3 aromatic rings. The van der Waals surface area contributed by atoms with E-state index < -0.39 is 17.7 Å². The van der Waals surface area contributed by atoms with Crippen LogP contribution in [0.15, 0.2) is 36.5 Å². The van der Waals surface area contributed by atoms with Crippen molar-refractivity contribution < 1.29 is 13.6 Å². The van der Waals surface area contributed by atoms with Crippen LogP contribution in [0.1, 0.15) is 18.2 Å². The molecule has 1 aromatic carbocycles. The second kappa shape index (κ2) is 6.36. The number of nitrogens with one attached hydrogen (secondary N) is 1. The van der Waals surface area contributed by atoms with Gasteiger partial charge in [-0.15, -0.1) is 0 Å². The predicted molar refractivity (Wildman–Crippen MR) is 92.8 cm³/mol. The number of nitrogens with zero attached hydrogens (tertiary/aromatic N) is 4. The molecule has 0 spiro atoms. The lowest BCUT2D eigenvalue weighted by atomic mass is 10.1. The molecule has 0 aliphatic carbocycles. The Hall–Kier alpha value is -3.03. The molecule has 1 atom stereocenters. The lowest BCUT2D eigenvalue weighted by Gasteiger charge is -2.17. The van der Waals surface area contributed by atoms with Gasteiger partial charge in [0.05, 0.1) is 5.69 Å². The number of likely N-dealkylation sites (tertiary alicyclic amines) is 1. The number of rotatable bonds is 2. The minimum atomic E-state index is -0.670. The molecular formula is C18H17F2N5O. The van der Waals surface area contributed by atoms with Crippen molar-refractivity contribution in [2.24, 2.45) is 7.05 Å². The Morgan fingerprint density at radius 2 is 2.15 bits per heavy atom. The Morgan fingerprint density at radius 3 is 2.96 bits per heavy atom. The van der Waals surface area contributed by atoms with Crippen molar-refractivity contribution in [1.29, 1.82) is 0 Å². The quantitative estimate of drug-likeness (QED) is 0.766. The van der Waals surface area contributed by atoms with E-state index in [4.69, 9.17) is 0 Å². The third-order valence-electron chi connectivity index (χ3n) is 4.67. The molecule has 1 fully saturated rings. The first-order chi connectivity index (χ1) is 12.5. The number of hydrogen-bond donors (Lipinski definition) is 1. The van der Waals surface area contributed by atoms with Crippen LogP contribution < -0.4 is 5.32 Å². The van der Waals surface area contributed by atoms with E-state index in [2.05, 4.69) is 15.3 Å². The Bertz CT molecular complexity index is 987. The Balaban J connectivity index is 1.50. The van der Waals surface area contributed by atoms with Gasteiger partial charge < -0.3 is 14.8 Å². The molecule has 4 rings (SSSR count). The molecule has 6 nitrogen and oxygen atoms in total. The van der Waals surface area contributed by atoms with Crippen LogP contribution in [0.25, 0.3) is 11.2 Å². The van der Waals surface area contributed by atoms with E-state index in [1.54, 1.807) is 11.1 Å². The molecular weight excluding hydrogens is 340 g/mol. The Labute approximate surface area is 148 Å². The van der Waals surface area contributed by atoms with E-state index in [-0.39, 0.29) is 11.6 Å². The number of halogens is 2. The van der Waals surface area contributed by atoms with Gasteiger partial charge in [-0.2, -0.15) is 0 Å². The van der Waals surface area contributed by atoms with Gasteiger partial charge in [0.2, 0.25) is 0 Å². The number of aromatic nitrogens is 3. The first kappa shape index (κ1) is 16.4. The van der Waals surface area contributed by atoms with E-state index in [0.29, 0.717) is 13.1 Å². The van der Waals surface area contributed by atoms with Crippen molar-refractivity contribution in [3.05, 3.63) is 54.0 Å². The molecule has 1 N–H and O–H groups in total. The molecule has 2 amide bonds. The van der Waals surface area contributed by atoms with Gasteiger partial charge in [-0.1, -0.05) is 0 Å². The van der Waals surface area contributed by atoms with E-state index in [0.717, 1.165) is 41.6 Å². The standard InChI is InChI=1S/C18H17F2N5O/c1-24-16(22-14-3-2-7-21-17(14)24)11-6-8-25(10-11)18(26)23-15-9-12(19)4-5-13(15)20/h2-5,7,9,11H,6,8,10H2,1H3,(H,23,26)/t11-/m1/s1. The van der Waals surface area contributed by atoms with Crippen LogP contribution in [-0.2, 0) is 7.05 Å². The van der Waals surface area contributed by atoms with Crippen LogP contribution in [0.5, 0.6) is 0 Å². The van der Waals surface area contributed by atoms with Gasteiger partial charge in [0, 0.05) is 38.3 Å². The molecule has 3 heterocycles. The number of benzene rings is 1. The van der Waals surface area contributed by atoms with Crippen LogP contribution >= 0.6 is 0 Å². The number of fused-ring (bicyclic) bond motifs is 1. The number of carbonyl (C=O) groups is 1. The zero-order valence-electron chi connectivity index (χ0n) is 14.1. The summed E-state index contributed by atoms with van der Waals surface area (Å²) in [5.74, 6) is -0.339. The maximum absolute atomic E-state index is 13.7. The summed E-state index contributed by atoms with van der Waals surface area (Å²) >= 11 is 0. The SMILES string of the molecule is Cn1c([C@@H]2CCN(C(=O)Nc3cc(F)ccc3F)C2)nc2cccnc21. The van der Waals surface area contributed by atoms with Crippen LogP contribution in [0.2, 0.25) is 0 Å². The number of pyridine rings is 1. The van der Waals surface area contributed by atoms with E-state index >= 15 is 0 Å². The van der Waals surface area contributed by atoms with Crippen molar-refractivity contribution in [2.75, 3.05) is 18.4 Å². The molecule has 26 heavy (non-hydrogen) atoms. The lowest BCUT2D eigenvalue weighted by molar-refractivity contribution is 0.221. The fourth-order valence-corrected chi connectivity index (χ4v) is 3.35. The van der Waals surface area contributed by atoms with Crippen molar-refractivity contribution >= 4 is 22.9 Å². The number of amides is 2. The van der Waals surface area contributed by atoms with Crippen molar-refractivity contribution in [3.8, 4) is 0 Å². The highest BCUT2D eigenvalue weighted by molar-refractivity contribution is 5.89. The van der Waals surface area contributed by atoms with Gasteiger partial charge in [0.1, 0.15) is 23.0 Å². The number of hydrogen-bond acceptors (Lipinski definition) is 3. The van der Waals surface area contributed by atoms with Gasteiger partial charge in [-0.25, -0.2) is 23.5 Å². The molecule has 1 aliphatic rings. The molecule has 0 radical (unpaired) electrons. The highest BCUT2D eigenvalue weighted by atomic mass is 19.1. The summed E-state index contributed by atoms with van der Waals surface area (Å²) in [5, 5.41) is 2.44. The maximum atomic E-state index is 13.7. The lowest BCUT2D eigenvalue weighted by Crippen LogP contribution is -2.33. The molecule has 0 unspecified atom stereocenters. The topological polar surface area (TPSA) is 63.1 Å². The van der Waals surface area contributed by atoms with Crippen molar-refractivity contribution in [3.63, 3.8) is 0 Å². The number of urea groups is 1. The summed E-state index contributed by atoms with van der Waals surface area (Å²) < 4.78 is 28.9. The Morgan fingerprint density at radius 1 is 1.31 bits per heavy atom. The molecule has 0 bridgehead atoms. The Kier molecular flexibility index (Phi) is 4.02. The van der Waals surface area contributed by atoms with E-state index in [9.17, 15) is 13.6 Å². The normalized spacial score (nSPS) is 17.0. The van der Waals surface area contributed by atoms with E-state index in [1.807, 2.05) is 23.7 Å². The molecule has 1 saturated heterocycles. The number of anilines is 1. The van der Waals surface area contributed by atoms with Gasteiger partial charge in [-0.05, 0) is 30.7 Å². The summed E-state index contributed by atoms with van der Waals surface area (Å²) in [7, 11) is 1.91. The monoisotopic (exact) mass is 357 g/mol.